The van der Waals surface area contributed by atoms with Crippen LogP contribution in [0.5, 0.6) is 0 Å². The van der Waals surface area contributed by atoms with Crippen LogP contribution in [0.1, 0.15) is 34.8 Å². The zero-order chi connectivity index (χ0) is 18.8. The fourth-order valence-corrected chi connectivity index (χ4v) is 4.38. The highest BCUT2D eigenvalue weighted by atomic mass is 32.1. The zero-order valence-electron chi connectivity index (χ0n) is 16.2. The van der Waals surface area contributed by atoms with Gasteiger partial charge in [-0.15, -0.1) is 11.3 Å². The molecule has 0 radical (unpaired) electrons. The van der Waals surface area contributed by atoms with Gasteiger partial charge in [0.2, 0.25) is 0 Å². The van der Waals surface area contributed by atoms with Crippen molar-refractivity contribution in [3.63, 3.8) is 0 Å². The molecule has 0 bridgehead atoms. The molecule has 0 atom stereocenters. The summed E-state index contributed by atoms with van der Waals surface area (Å²) >= 11 is 1.70. The van der Waals surface area contributed by atoms with Crippen molar-refractivity contribution < 1.29 is 0 Å². The van der Waals surface area contributed by atoms with Crippen LogP contribution in [0, 0.1) is 20.8 Å². The maximum absolute atomic E-state index is 4.58. The molecule has 0 aliphatic carbocycles. The molecule has 1 aromatic carbocycles. The van der Waals surface area contributed by atoms with Gasteiger partial charge in [0.1, 0.15) is 0 Å². The number of aryl methyl sites for hydroxylation is 3. The number of thiazole rings is 1. The summed E-state index contributed by atoms with van der Waals surface area (Å²) in [6.07, 6.45) is 2.34. The van der Waals surface area contributed by atoms with E-state index >= 15 is 0 Å². The number of nitrogens with one attached hydrogen (secondary N) is 2. The summed E-state index contributed by atoms with van der Waals surface area (Å²) < 4.78 is 0. The first kappa shape index (κ1) is 18.2. The van der Waals surface area contributed by atoms with Crippen LogP contribution >= 0.6 is 11.3 Å². The summed E-state index contributed by atoms with van der Waals surface area (Å²) in [5, 5.41) is 14.3. The minimum absolute atomic E-state index is 0.576. The maximum Gasteiger partial charge on any atom is 0.0901 e. The van der Waals surface area contributed by atoms with Crippen molar-refractivity contribution in [1.29, 1.82) is 0 Å². The second-order valence-electron chi connectivity index (χ2n) is 7.35. The predicted octanol–water partition coefficient (Wildman–Crippen LogP) is 4.22. The molecule has 1 aliphatic rings. The Kier molecular flexibility index (Phi) is 5.27. The highest BCUT2D eigenvalue weighted by Crippen LogP contribution is 2.26. The molecule has 3 heterocycles. The number of rotatable bonds is 5. The summed E-state index contributed by atoms with van der Waals surface area (Å²) in [6.45, 7) is 9.30. The highest BCUT2D eigenvalue weighted by molar-refractivity contribution is 7.09. The van der Waals surface area contributed by atoms with Crippen molar-refractivity contribution in [2.24, 2.45) is 0 Å². The zero-order valence-corrected chi connectivity index (χ0v) is 17.1. The average Bonchev–Trinajstić information content (AvgIpc) is 3.26. The molecule has 0 saturated carbocycles. The molecule has 2 N–H and O–H groups in total. The molecular weight excluding hydrogens is 354 g/mol. The SMILES string of the molecule is Cc1nc(-c2ccc(N3CCC(NCc4c(C)n[nH]c4C)CC3)cc2)cs1. The number of hydrogen-bond donors (Lipinski definition) is 2. The molecule has 1 aliphatic heterocycles. The average molecular weight is 382 g/mol. The minimum atomic E-state index is 0.576. The minimum Gasteiger partial charge on any atom is -0.371 e. The van der Waals surface area contributed by atoms with Gasteiger partial charge in [-0.1, -0.05) is 12.1 Å². The standard InChI is InChI=1S/C21H27N5S/c1-14-20(15(2)25-24-14)12-22-18-8-10-26(11-9-18)19-6-4-17(5-7-19)21-13-27-16(3)23-21/h4-7,13,18,22H,8-12H2,1-3H3,(H,24,25). The lowest BCUT2D eigenvalue weighted by Gasteiger charge is -2.34. The van der Waals surface area contributed by atoms with Crippen LogP contribution < -0.4 is 10.2 Å². The molecule has 2 aromatic heterocycles. The third kappa shape index (κ3) is 4.06. The molecule has 3 aromatic rings. The van der Waals surface area contributed by atoms with Gasteiger partial charge in [0.05, 0.1) is 16.4 Å². The molecule has 1 fully saturated rings. The number of piperidine rings is 1. The van der Waals surface area contributed by atoms with E-state index in [4.69, 9.17) is 0 Å². The highest BCUT2D eigenvalue weighted by Gasteiger charge is 2.20. The van der Waals surface area contributed by atoms with Crippen molar-refractivity contribution in [1.82, 2.24) is 20.5 Å². The molecule has 0 amide bonds. The second kappa shape index (κ2) is 7.82. The summed E-state index contributed by atoms with van der Waals surface area (Å²) in [4.78, 5) is 7.07. The smallest absolute Gasteiger partial charge is 0.0901 e. The van der Waals surface area contributed by atoms with Gasteiger partial charge < -0.3 is 10.2 Å². The van der Waals surface area contributed by atoms with Gasteiger partial charge in [-0.25, -0.2) is 4.98 Å². The van der Waals surface area contributed by atoms with Crippen LogP contribution in [-0.2, 0) is 6.54 Å². The maximum atomic E-state index is 4.58. The van der Waals surface area contributed by atoms with Crippen molar-refractivity contribution in [3.05, 3.63) is 51.6 Å². The number of hydrogen-bond acceptors (Lipinski definition) is 5. The van der Waals surface area contributed by atoms with Crippen LogP contribution in [0.2, 0.25) is 0 Å². The lowest BCUT2D eigenvalue weighted by Crippen LogP contribution is -2.42. The Hall–Kier alpha value is -2.18. The van der Waals surface area contributed by atoms with Gasteiger partial charge in [0, 0.05) is 53.6 Å². The Labute approximate surface area is 164 Å². The molecule has 5 nitrogen and oxygen atoms in total. The van der Waals surface area contributed by atoms with Crippen LogP contribution in [0.3, 0.4) is 0 Å². The van der Waals surface area contributed by atoms with E-state index in [2.05, 4.69) is 75.8 Å². The number of benzene rings is 1. The first-order chi connectivity index (χ1) is 13.1. The van der Waals surface area contributed by atoms with E-state index < -0.39 is 0 Å². The van der Waals surface area contributed by atoms with Crippen LogP contribution in [0.15, 0.2) is 29.6 Å². The number of aromatic nitrogens is 3. The van der Waals surface area contributed by atoms with Crippen LogP contribution in [0.4, 0.5) is 5.69 Å². The molecule has 142 valence electrons. The predicted molar refractivity (Wildman–Crippen MR) is 112 cm³/mol. The Morgan fingerprint density at radius 3 is 2.48 bits per heavy atom. The Balaban J connectivity index is 1.31. The van der Waals surface area contributed by atoms with E-state index in [1.54, 1.807) is 11.3 Å². The van der Waals surface area contributed by atoms with E-state index in [1.165, 1.54) is 35.3 Å². The van der Waals surface area contributed by atoms with Gasteiger partial charge in [-0.05, 0) is 45.7 Å². The van der Waals surface area contributed by atoms with E-state index in [1.807, 2.05) is 0 Å². The lowest BCUT2D eigenvalue weighted by molar-refractivity contribution is 0.413. The van der Waals surface area contributed by atoms with Crippen molar-refractivity contribution in [2.45, 2.75) is 46.2 Å². The fourth-order valence-electron chi connectivity index (χ4n) is 3.76. The first-order valence-electron chi connectivity index (χ1n) is 9.61. The monoisotopic (exact) mass is 381 g/mol. The number of aromatic amines is 1. The molecule has 6 heteroatoms. The molecule has 4 rings (SSSR count). The summed E-state index contributed by atoms with van der Waals surface area (Å²) in [7, 11) is 0. The van der Waals surface area contributed by atoms with Crippen molar-refractivity contribution >= 4 is 17.0 Å². The Bertz CT molecular complexity index is 868. The molecular formula is C21H27N5S. The van der Waals surface area contributed by atoms with Gasteiger partial charge >= 0.3 is 0 Å². The lowest BCUT2D eigenvalue weighted by atomic mass is 10.0. The topological polar surface area (TPSA) is 56.8 Å². The van der Waals surface area contributed by atoms with Crippen molar-refractivity contribution in [2.75, 3.05) is 18.0 Å². The van der Waals surface area contributed by atoms with Crippen molar-refractivity contribution in [3.8, 4) is 11.3 Å². The van der Waals surface area contributed by atoms with Crippen LogP contribution in [0.25, 0.3) is 11.3 Å². The number of anilines is 1. The van der Waals surface area contributed by atoms with Gasteiger partial charge in [0.15, 0.2) is 0 Å². The molecule has 1 saturated heterocycles. The first-order valence-corrected chi connectivity index (χ1v) is 10.5. The van der Waals surface area contributed by atoms with Gasteiger partial charge in [-0.3, -0.25) is 5.10 Å². The summed E-state index contributed by atoms with van der Waals surface area (Å²) in [5.41, 5.74) is 7.18. The van der Waals surface area contributed by atoms with E-state index in [9.17, 15) is 0 Å². The normalized spacial score (nSPS) is 15.4. The Morgan fingerprint density at radius 2 is 1.89 bits per heavy atom. The molecule has 27 heavy (non-hydrogen) atoms. The molecule has 0 spiro atoms. The summed E-state index contributed by atoms with van der Waals surface area (Å²) in [5.74, 6) is 0. The largest absolute Gasteiger partial charge is 0.371 e. The second-order valence-corrected chi connectivity index (χ2v) is 8.42. The number of nitrogens with zero attached hydrogens (tertiary/aromatic N) is 3. The van der Waals surface area contributed by atoms with E-state index in [0.29, 0.717) is 6.04 Å². The third-order valence-corrected chi connectivity index (χ3v) is 6.26. The number of H-pyrrole nitrogens is 1. The van der Waals surface area contributed by atoms with Gasteiger partial charge in [0.25, 0.3) is 0 Å². The molecule has 0 unspecified atom stereocenters. The summed E-state index contributed by atoms with van der Waals surface area (Å²) in [6, 6.07) is 9.43. The third-order valence-electron chi connectivity index (χ3n) is 5.49. The van der Waals surface area contributed by atoms with Gasteiger partial charge in [-0.2, -0.15) is 5.10 Å². The quantitative estimate of drug-likeness (QED) is 0.695. The van der Waals surface area contributed by atoms with Crippen LogP contribution in [-0.4, -0.2) is 34.3 Å². The van der Waals surface area contributed by atoms with E-state index in [0.717, 1.165) is 36.0 Å². The Morgan fingerprint density at radius 1 is 1.15 bits per heavy atom. The van der Waals surface area contributed by atoms with E-state index in [-0.39, 0.29) is 0 Å². The fraction of sp³-hybridized carbons (Fsp3) is 0.429.